The molecule has 0 saturated carbocycles. The fraction of sp³-hybridized carbons (Fsp3) is 0.125. The molecule has 0 heterocycles. The van der Waals surface area contributed by atoms with Gasteiger partial charge in [-0.05, 0) is 23.8 Å². The molecule has 2 N–H and O–H groups in total. The molecule has 120 valence electrons. The lowest BCUT2D eigenvalue weighted by atomic mass is 10.1. The molecule has 5 nitrogen and oxygen atoms in total. The molecule has 0 unspecified atom stereocenters. The number of nitrogens with one attached hydrogen (secondary N) is 1. The van der Waals surface area contributed by atoms with Gasteiger partial charge in [-0.15, -0.1) is 0 Å². The average Bonchev–Trinajstić information content (AvgIpc) is 2.52. The average molecular weight is 398 g/mol. The van der Waals surface area contributed by atoms with Gasteiger partial charge >= 0.3 is 0 Å². The van der Waals surface area contributed by atoms with Crippen LogP contribution in [0, 0.1) is 0 Å². The van der Waals surface area contributed by atoms with E-state index >= 15 is 0 Å². The van der Waals surface area contributed by atoms with E-state index < -0.39 is 0 Å². The highest BCUT2D eigenvalue weighted by atomic mass is 79.9. The first-order valence-electron chi connectivity index (χ1n) is 6.62. The number of benzene rings is 2. The van der Waals surface area contributed by atoms with Crippen molar-refractivity contribution in [3.8, 4) is 11.5 Å². The van der Waals surface area contributed by atoms with Crippen LogP contribution in [0.1, 0.15) is 11.1 Å². The van der Waals surface area contributed by atoms with Crippen LogP contribution in [0.3, 0.4) is 0 Å². The Morgan fingerprint density at radius 2 is 2.09 bits per heavy atom. The summed E-state index contributed by atoms with van der Waals surface area (Å²) < 4.78 is 5.94. The van der Waals surface area contributed by atoms with Gasteiger partial charge in [0.25, 0.3) is 0 Å². The van der Waals surface area contributed by atoms with Gasteiger partial charge in [-0.2, -0.15) is 5.10 Å². The Morgan fingerprint density at radius 1 is 1.39 bits per heavy atom. The van der Waals surface area contributed by atoms with Crippen LogP contribution in [0.2, 0.25) is 5.02 Å². The smallest absolute Gasteiger partial charge is 0.244 e. The van der Waals surface area contributed by atoms with E-state index in [0.717, 1.165) is 10.0 Å². The molecule has 0 atom stereocenters. The lowest BCUT2D eigenvalue weighted by Crippen LogP contribution is -2.19. The second-order valence-corrected chi connectivity index (χ2v) is 5.99. The molecule has 0 aliphatic rings. The SMILES string of the molecule is COc1cc(Cl)cc(/C=N/NC(=O)Cc2ccc(Br)cc2)c1O. The van der Waals surface area contributed by atoms with Crippen LogP contribution in [-0.4, -0.2) is 24.3 Å². The van der Waals surface area contributed by atoms with Gasteiger partial charge < -0.3 is 9.84 Å². The molecule has 0 fully saturated rings. The highest BCUT2D eigenvalue weighted by Crippen LogP contribution is 2.32. The fourth-order valence-corrected chi connectivity index (χ4v) is 2.33. The minimum Gasteiger partial charge on any atom is -0.504 e. The number of hydrogen-bond donors (Lipinski definition) is 2. The highest BCUT2D eigenvalue weighted by molar-refractivity contribution is 9.10. The fourth-order valence-electron chi connectivity index (χ4n) is 1.85. The van der Waals surface area contributed by atoms with Crippen molar-refractivity contribution in [2.24, 2.45) is 5.10 Å². The Kier molecular flexibility index (Phi) is 6.01. The van der Waals surface area contributed by atoms with Crippen LogP contribution >= 0.6 is 27.5 Å². The van der Waals surface area contributed by atoms with Crippen molar-refractivity contribution in [2.75, 3.05) is 7.11 Å². The maximum atomic E-state index is 11.8. The van der Waals surface area contributed by atoms with E-state index in [1.54, 1.807) is 0 Å². The summed E-state index contributed by atoms with van der Waals surface area (Å²) in [4.78, 5) is 11.8. The second kappa shape index (κ2) is 7.99. The third kappa shape index (κ3) is 4.97. The summed E-state index contributed by atoms with van der Waals surface area (Å²) in [6.45, 7) is 0. The van der Waals surface area contributed by atoms with Gasteiger partial charge in [0.15, 0.2) is 11.5 Å². The lowest BCUT2D eigenvalue weighted by molar-refractivity contribution is -0.120. The number of hydrogen-bond acceptors (Lipinski definition) is 4. The molecule has 0 bridgehead atoms. The maximum absolute atomic E-state index is 11.8. The van der Waals surface area contributed by atoms with Crippen molar-refractivity contribution in [1.82, 2.24) is 5.43 Å². The number of phenols is 1. The zero-order valence-electron chi connectivity index (χ0n) is 12.2. The van der Waals surface area contributed by atoms with Gasteiger partial charge in [0, 0.05) is 21.1 Å². The number of phenolic OH excluding ortho intramolecular Hbond substituents is 1. The van der Waals surface area contributed by atoms with Crippen LogP contribution in [0.4, 0.5) is 0 Å². The largest absolute Gasteiger partial charge is 0.504 e. The standard InChI is InChI=1S/C16H14BrClN2O3/c1-23-14-8-13(18)7-11(16(14)22)9-19-20-15(21)6-10-2-4-12(17)5-3-10/h2-5,7-9,22H,6H2,1H3,(H,20,21)/b19-9+. The molecule has 0 radical (unpaired) electrons. The first kappa shape index (κ1) is 17.3. The molecule has 0 spiro atoms. The molecule has 7 heteroatoms. The van der Waals surface area contributed by atoms with Crippen molar-refractivity contribution in [3.63, 3.8) is 0 Å². The first-order valence-corrected chi connectivity index (χ1v) is 7.79. The van der Waals surface area contributed by atoms with Crippen LogP contribution in [-0.2, 0) is 11.2 Å². The third-order valence-corrected chi connectivity index (χ3v) is 3.71. The Hall–Kier alpha value is -2.05. The van der Waals surface area contributed by atoms with E-state index in [0.29, 0.717) is 10.6 Å². The molecule has 0 aliphatic heterocycles. The number of rotatable bonds is 5. The quantitative estimate of drug-likeness (QED) is 0.599. The second-order valence-electron chi connectivity index (χ2n) is 4.64. The van der Waals surface area contributed by atoms with Crippen LogP contribution in [0.15, 0.2) is 46.0 Å². The first-order chi connectivity index (χ1) is 11.0. The molecule has 0 aliphatic carbocycles. The molecule has 2 aromatic carbocycles. The Balaban J connectivity index is 2.00. The van der Waals surface area contributed by atoms with Gasteiger partial charge in [0.05, 0.1) is 19.7 Å². The molecule has 1 amide bonds. The zero-order valence-corrected chi connectivity index (χ0v) is 14.6. The van der Waals surface area contributed by atoms with E-state index in [9.17, 15) is 9.90 Å². The topological polar surface area (TPSA) is 70.9 Å². The predicted molar refractivity (Wildman–Crippen MR) is 93.3 cm³/mol. The number of nitrogens with zero attached hydrogens (tertiary/aromatic N) is 1. The van der Waals surface area contributed by atoms with Crippen LogP contribution < -0.4 is 10.2 Å². The summed E-state index contributed by atoms with van der Waals surface area (Å²) in [5.41, 5.74) is 3.62. The van der Waals surface area contributed by atoms with Gasteiger partial charge in [-0.1, -0.05) is 39.7 Å². The van der Waals surface area contributed by atoms with E-state index in [1.165, 1.54) is 25.5 Å². The predicted octanol–water partition coefficient (Wildman–Crippen LogP) is 3.51. The van der Waals surface area contributed by atoms with Crippen molar-refractivity contribution >= 4 is 39.7 Å². The molecule has 2 aromatic rings. The Morgan fingerprint density at radius 3 is 2.74 bits per heavy atom. The summed E-state index contributed by atoms with van der Waals surface area (Å²) >= 11 is 9.25. The van der Waals surface area contributed by atoms with Crippen LogP contribution in [0.5, 0.6) is 11.5 Å². The van der Waals surface area contributed by atoms with E-state index in [1.807, 2.05) is 24.3 Å². The van der Waals surface area contributed by atoms with Crippen molar-refractivity contribution < 1.29 is 14.6 Å². The lowest BCUT2D eigenvalue weighted by Gasteiger charge is -2.06. The number of carbonyl (C=O) groups excluding carboxylic acids is 1. The Labute approximate surface area is 147 Å². The van der Waals surface area contributed by atoms with Crippen molar-refractivity contribution in [3.05, 3.63) is 57.0 Å². The van der Waals surface area contributed by atoms with Gasteiger partial charge in [0.2, 0.25) is 5.91 Å². The Bertz CT molecular complexity index is 733. The number of carbonyl (C=O) groups is 1. The molecule has 2 rings (SSSR count). The molecule has 0 aromatic heterocycles. The molecular weight excluding hydrogens is 384 g/mol. The van der Waals surface area contributed by atoms with Gasteiger partial charge in [0.1, 0.15) is 0 Å². The van der Waals surface area contributed by atoms with E-state index in [-0.39, 0.29) is 23.8 Å². The van der Waals surface area contributed by atoms with Gasteiger partial charge in [-0.25, -0.2) is 5.43 Å². The van der Waals surface area contributed by atoms with E-state index in [2.05, 4.69) is 26.5 Å². The molecular formula is C16H14BrClN2O3. The minimum absolute atomic E-state index is 0.0946. The summed E-state index contributed by atoms with van der Waals surface area (Å²) in [5.74, 6) is -0.125. The maximum Gasteiger partial charge on any atom is 0.244 e. The molecule has 0 saturated heterocycles. The monoisotopic (exact) mass is 396 g/mol. The minimum atomic E-state index is -0.267. The third-order valence-electron chi connectivity index (χ3n) is 2.96. The number of ether oxygens (including phenoxy) is 1. The highest BCUT2D eigenvalue weighted by Gasteiger charge is 2.08. The van der Waals surface area contributed by atoms with E-state index in [4.69, 9.17) is 16.3 Å². The summed E-state index contributed by atoms with van der Waals surface area (Å²) in [7, 11) is 1.42. The number of methoxy groups -OCH3 is 1. The van der Waals surface area contributed by atoms with Crippen LogP contribution in [0.25, 0.3) is 0 Å². The normalized spacial score (nSPS) is 10.7. The number of aromatic hydroxyl groups is 1. The summed E-state index contributed by atoms with van der Waals surface area (Å²) in [6, 6.07) is 10.4. The van der Waals surface area contributed by atoms with Gasteiger partial charge in [-0.3, -0.25) is 4.79 Å². The number of halogens is 2. The summed E-state index contributed by atoms with van der Waals surface area (Å²) in [6.07, 6.45) is 1.51. The zero-order chi connectivity index (χ0) is 16.8. The summed E-state index contributed by atoms with van der Waals surface area (Å²) in [5, 5.41) is 14.2. The number of hydrazone groups is 1. The van der Waals surface area contributed by atoms with Crippen molar-refractivity contribution in [2.45, 2.75) is 6.42 Å². The molecule has 23 heavy (non-hydrogen) atoms. The number of amides is 1. The van der Waals surface area contributed by atoms with Crippen molar-refractivity contribution in [1.29, 1.82) is 0 Å².